The summed E-state index contributed by atoms with van der Waals surface area (Å²) in [5.74, 6) is 0.260. The molecule has 1 aliphatic heterocycles. The van der Waals surface area contributed by atoms with Crippen molar-refractivity contribution in [3.05, 3.63) is 40.9 Å². The van der Waals surface area contributed by atoms with Gasteiger partial charge >= 0.3 is 0 Å². The molecule has 1 aromatic carbocycles. The van der Waals surface area contributed by atoms with Gasteiger partial charge in [0.2, 0.25) is 0 Å². The van der Waals surface area contributed by atoms with E-state index in [2.05, 4.69) is 20.3 Å². The highest BCUT2D eigenvalue weighted by atomic mass is 32.2. The lowest BCUT2D eigenvalue weighted by Crippen LogP contribution is -2.17. The van der Waals surface area contributed by atoms with Crippen LogP contribution in [0.4, 0.5) is 11.5 Å². The second-order valence-electron chi connectivity index (χ2n) is 7.10. The third-order valence-corrected chi connectivity index (χ3v) is 6.03. The summed E-state index contributed by atoms with van der Waals surface area (Å²) in [5, 5.41) is 3.21. The van der Waals surface area contributed by atoms with Crippen LogP contribution in [0, 0.1) is 0 Å². The van der Waals surface area contributed by atoms with Crippen molar-refractivity contribution in [2.45, 2.75) is 11.3 Å². The first kappa shape index (κ1) is 20.2. The number of pyridine rings is 1. The van der Waals surface area contributed by atoms with E-state index in [0.717, 1.165) is 12.0 Å². The molecule has 0 unspecified atom stereocenters. The molecule has 3 heterocycles. The molecule has 10 heteroatoms. The molecule has 0 bridgehead atoms. The van der Waals surface area contributed by atoms with Gasteiger partial charge in [-0.3, -0.25) is 4.79 Å². The Hall–Kier alpha value is -3.11. The maximum Gasteiger partial charge on any atom is 0.264 e. The standard InChI is InChI=1S/C20H21N5O4S/c1-21-14-5-4-12(8-17(14)30(3,27)28)15-9-16-18(20(26)25(2)11-22-16)19(24-15)23-13-6-7-29-10-13/h4-5,8-9,11,21H,6-7,10H2,1-3H3/b23-13-. The summed E-state index contributed by atoms with van der Waals surface area (Å²) in [4.78, 5) is 26.4. The fourth-order valence-electron chi connectivity index (χ4n) is 3.32. The van der Waals surface area contributed by atoms with Crippen LogP contribution in [0.15, 0.2) is 45.3 Å². The number of fused-ring (bicyclic) bond motifs is 1. The Kier molecular flexibility index (Phi) is 5.12. The lowest BCUT2D eigenvalue weighted by Gasteiger charge is -2.11. The Morgan fingerprint density at radius 1 is 1.27 bits per heavy atom. The zero-order valence-electron chi connectivity index (χ0n) is 16.8. The Bertz CT molecular complexity index is 1340. The second kappa shape index (κ2) is 7.62. The van der Waals surface area contributed by atoms with Gasteiger partial charge in [-0.2, -0.15) is 0 Å². The van der Waals surface area contributed by atoms with Crippen molar-refractivity contribution in [2.24, 2.45) is 12.0 Å². The van der Waals surface area contributed by atoms with E-state index in [0.29, 0.717) is 47.5 Å². The number of aliphatic imine (C=N–C) groups is 1. The molecule has 0 amide bonds. The number of hydrogen-bond acceptors (Lipinski definition) is 8. The Labute approximate surface area is 173 Å². The largest absolute Gasteiger partial charge is 0.387 e. The van der Waals surface area contributed by atoms with E-state index in [-0.39, 0.29) is 16.3 Å². The van der Waals surface area contributed by atoms with Crippen molar-refractivity contribution in [1.29, 1.82) is 0 Å². The van der Waals surface area contributed by atoms with Gasteiger partial charge in [-0.1, -0.05) is 6.07 Å². The third kappa shape index (κ3) is 3.71. The van der Waals surface area contributed by atoms with Crippen molar-refractivity contribution < 1.29 is 13.2 Å². The van der Waals surface area contributed by atoms with Gasteiger partial charge in [0.05, 0.1) is 41.3 Å². The zero-order chi connectivity index (χ0) is 21.5. The van der Waals surface area contributed by atoms with Gasteiger partial charge in [-0.15, -0.1) is 0 Å². The maximum atomic E-state index is 12.7. The van der Waals surface area contributed by atoms with E-state index in [9.17, 15) is 13.2 Å². The second-order valence-corrected chi connectivity index (χ2v) is 9.08. The van der Waals surface area contributed by atoms with Gasteiger partial charge < -0.3 is 14.6 Å². The normalized spacial score (nSPS) is 15.8. The molecule has 1 saturated heterocycles. The maximum absolute atomic E-state index is 12.7. The highest BCUT2D eigenvalue weighted by Crippen LogP contribution is 2.31. The Morgan fingerprint density at radius 2 is 2.07 bits per heavy atom. The van der Waals surface area contributed by atoms with E-state index in [4.69, 9.17) is 4.74 Å². The minimum Gasteiger partial charge on any atom is -0.387 e. The average Bonchev–Trinajstić information content (AvgIpc) is 3.22. The number of aromatic nitrogens is 3. The predicted molar refractivity (Wildman–Crippen MR) is 115 cm³/mol. The van der Waals surface area contributed by atoms with Crippen molar-refractivity contribution in [2.75, 3.05) is 31.8 Å². The Balaban J connectivity index is 1.98. The molecule has 3 aromatic rings. The molecular formula is C20H21N5O4S. The topological polar surface area (TPSA) is 116 Å². The molecule has 0 radical (unpaired) electrons. The van der Waals surface area contributed by atoms with Gasteiger partial charge in [-0.05, 0) is 18.2 Å². The average molecular weight is 427 g/mol. The van der Waals surface area contributed by atoms with Crippen LogP contribution in [0.25, 0.3) is 22.2 Å². The molecule has 30 heavy (non-hydrogen) atoms. The highest BCUT2D eigenvalue weighted by Gasteiger charge is 2.18. The van der Waals surface area contributed by atoms with Crippen LogP contribution in [0.2, 0.25) is 0 Å². The molecule has 156 valence electrons. The molecule has 2 aromatic heterocycles. The molecule has 0 aliphatic carbocycles. The highest BCUT2D eigenvalue weighted by molar-refractivity contribution is 7.90. The minimum atomic E-state index is -3.46. The summed E-state index contributed by atoms with van der Waals surface area (Å²) in [5.41, 5.74) is 2.56. The van der Waals surface area contributed by atoms with E-state index in [1.807, 2.05) is 0 Å². The first-order chi connectivity index (χ1) is 14.3. The van der Waals surface area contributed by atoms with E-state index < -0.39 is 9.84 Å². The van der Waals surface area contributed by atoms with Crippen LogP contribution in [0.5, 0.6) is 0 Å². The molecule has 9 nitrogen and oxygen atoms in total. The van der Waals surface area contributed by atoms with Crippen LogP contribution in [-0.4, -0.2) is 55.2 Å². The molecule has 4 rings (SSSR count). The van der Waals surface area contributed by atoms with Gasteiger partial charge in [0.1, 0.15) is 5.39 Å². The summed E-state index contributed by atoms with van der Waals surface area (Å²) in [6, 6.07) is 6.69. The summed E-state index contributed by atoms with van der Waals surface area (Å²) in [7, 11) is -0.183. The SMILES string of the molecule is CNc1ccc(-c2cc3ncn(C)c(=O)c3c(/N=C3/CCOC3)n2)cc1S(C)(=O)=O. The van der Waals surface area contributed by atoms with Crippen molar-refractivity contribution in [3.8, 4) is 11.3 Å². The van der Waals surface area contributed by atoms with Crippen molar-refractivity contribution in [3.63, 3.8) is 0 Å². The first-order valence-corrected chi connectivity index (χ1v) is 11.2. The molecule has 1 fully saturated rings. The quantitative estimate of drug-likeness (QED) is 0.676. The summed E-state index contributed by atoms with van der Waals surface area (Å²) in [6.07, 6.45) is 3.27. The zero-order valence-corrected chi connectivity index (χ0v) is 17.7. The fraction of sp³-hybridized carbons (Fsp3) is 0.300. The number of benzene rings is 1. The van der Waals surface area contributed by atoms with Crippen LogP contribution < -0.4 is 10.9 Å². The van der Waals surface area contributed by atoms with Gasteiger partial charge in [-0.25, -0.2) is 23.4 Å². The number of nitrogens with one attached hydrogen (secondary N) is 1. The molecule has 0 saturated carbocycles. The summed E-state index contributed by atoms with van der Waals surface area (Å²) < 4.78 is 31.2. The predicted octanol–water partition coefficient (Wildman–Crippen LogP) is 1.93. The lowest BCUT2D eigenvalue weighted by molar-refractivity contribution is 0.209. The van der Waals surface area contributed by atoms with Gasteiger partial charge in [0, 0.05) is 38.0 Å². The van der Waals surface area contributed by atoms with Crippen LogP contribution in [-0.2, 0) is 21.6 Å². The smallest absolute Gasteiger partial charge is 0.264 e. The molecular weight excluding hydrogens is 406 g/mol. The summed E-state index contributed by atoms with van der Waals surface area (Å²) >= 11 is 0. The van der Waals surface area contributed by atoms with Crippen LogP contribution >= 0.6 is 0 Å². The number of ether oxygens (including phenoxy) is 1. The van der Waals surface area contributed by atoms with Crippen LogP contribution in [0.3, 0.4) is 0 Å². The fourth-order valence-corrected chi connectivity index (χ4v) is 4.23. The first-order valence-electron chi connectivity index (χ1n) is 9.30. The number of anilines is 1. The molecule has 1 aliphatic rings. The molecule has 1 N–H and O–H groups in total. The third-order valence-electron chi connectivity index (χ3n) is 4.90. The number of nitrogens with zero attached hydrogens (tertiary/aromatic N) is 4. The van der Waals surface area contributed by atoms with Gasteiger partial charge in [0.15, 0.2) is 15.7 Å². The van der Waals surface area contributed by atoms with Gasteiger partial charge in [0.25, 0.3) is 5.56 Å². The van der Waals surface area contributed by atoms with Crippen LogP contribution in [0.1, 0.15) is 6.42 Å². The number of sulfone groups is 1. The number of hydrogen-bond donors (Lipinski definition) is 1. The van der Waals surface area contributed by atoms with Crippen molar-refractivity contribution in [1.82, 2.24) is 14.5 Å². The van der Waals surface area contributed by atoms with E-state index in [1.54, 1.807) is 38.4 Å². The Morgan fingerprint density at radius 3 is 2.73 bits per heavy atom. The molecule has 0 atom stereocenters. The number of rotatable bonds is 4. The number of aryl methyl sites for hydroxylation is 1. The molecule has 0 spiro atoms. The van der Waals surface area contributed by atoms with Crippen molar-refractivity contribution >= 4 is 38.0 Å². The summed E-state index contributed by atoms with van der Waals surface area (Å²) in [6.45, 7) is 0.971. The van der Waals surface area contributed by atoms with E-state index >= 15 is 0 Å². The van der Waals surface area contributed by atoms with E-state index in [1.165, 1.54) is 10.9 Å². The minimum absolute atomic E-state index is 0.165. The monoisotopic (exact) mass is 427 g/mol. The lowest BCUT2D eigenvalue weighted by atomic mass is 10.1.